The van der Waals surface area contributed by atoms with Crippen LogP contribution in [0.5, 0.6) is 0 Å². The SMILES string of the molecule is CCc1ccc(NC(=O)CN(C(C)=O)c2ccc(C)c(C)c2)cc1. The van der Waals surface area contributed by atoms with E-state index in [1.807, 2.05) is 56.3 Å². The molecule has 24 heavy (non-hydrogen) atoms. The fourth-order valence-corrected chi connectivity index (χ4v) is 2.45. The van der Waals surface area contributed by atoms with Crippen molar-refractivity contribution >= 4 is 23.2 Å². The Morgan fingerprint density at radius 3 is 2.21 bits per heavy atom. The van der Waals surface area contributed by atoms with Crippen molar-refractivity contribution in [2.75, 3.05) is 16.8 Å². The van der Waals surface area contributed by atoms with Gasteiger partial charge in [-0.05, 0) is 61.2 Å². The van der Waals surface area contributed by atoms with Crippen LogP contribution in [0.2, 0.25) is 0 Å². The monoisotopic (exact) mass is 324 g/mol. The zero-order chi connectivity index (χ0) is 17.7. The summed E-state index contributed by atoms with van der Waals surface area (Å²) < 4.78 is 0. The molecule has 0 heterocycles. The Morgan fingerprint density at radius 1 is 1.00 bits per heavy atom. The van der Waals surface area contributed by atoms with Crippen molar-refractivity contribution in [3.63, 3.8) is 0 Å². The molecule has 4 nitrogen and oxygen atoms in total. The fraction of sp³-hybridized carbons (Fsp3) is 0.300. The normalized spacial score (nSPS) is 10.3. The third-order valence-corrected chi connectivity index (χ3v) is 4.13. The molecule has 0 saturated carbocycles. The average molecular weight is 324 g/mol. The molecule has 0 aliphatic rings. The fourth-order valence-electron chi connectivity index (χ4n) is 2.45. The van der Waals surface area contributed by atoms with Crippen LogP contribution in [0.3, 0.4) is 0 Å². The summed E-state index contributed by atoms with van der Waals surface area (Å²) in [7, 11) is 0. The van der Waals surface area contributed by atoms with Gasteiger partial charge >= 0.3 is 0 Å². The molecule has 126 valence electrons. The zero-order valence-electron chi connectivity index (χ0n) is 14.7. The number of amides is 2. The van der Waals surface area contributed by atoms with E-state index in [-0.39, 0.29) is 18.4 Å². The van der Waals surface area contributed by atoms with Crippen molar-refractivity contribution in [3.05, 3.63) is 59.2 Å². The highest BCUT2D eigenvalue weighted by Crippen LogP contribution is 2.19. The van der Waals surface area contributed by atoms with E-state index in [1.165, 1.54) is 17.4 Å². The number of rotatable bonds is 5. The van der Waals surface area contributed by atoms with E-state index in [2.05, 4.69) is 12.2 Å². The van der Waals surface area contributed by atoms with Crippen molar-refractivity contribution in [2.45, 2.75) is 34.1 Å². The van der Waals surface area contributed by atoms with Crippen molar-refractivity contribution < 1.29 is 9.59 Å². The Hall–Kier alpha value is -2.62. The summed E-state index contributed by atoms with van der Waals surface area (Å²) in [5.41, 5.74) is 4.94. The van der Waals surface area contributed by atoms with Crippen LogP contribution < -0.4 is 10.2 Å². The zero-order valence-corrected chi connectivity index (χ0v) is 14.7. The second kappa shape index (κ2) is 7.77. The maximum Gasteiger partial charge on any atom is 0.244 e. The van der Waals surface area contributed by atoms with Gasteiger partial charge in [0.25, 0.3) is 0 Å². The van der Waals surface area contributed by atoms with E-state index < -0.39 is 0 Å². The number of anilines is 2. The summed E-state index contributed by atoms with van der Waals surface area (Å²) in [6.45, 7) is 7.56. The second-order valence-electron chi connectivity index (χ2n) is 5.97. The van der Waals surface area contributed by atoms with E-state index in [4.69, 9.17) is 0 Å². The van der Waals surface area contributed by atoms with E-state index >= 15 is 0 Å². The molecule has 0 aliphatic carbocycles. The first-order valence-corrected chi connectivity index (χ1v) is 8.15. The molecule has 0 aromatic heterocycles. The van der Waals surface area contributed by atoms with Gasteiger partial charge in [-0.2, -0.15) is 0 Å². The van der Waals surface area contributed by atoms with Gasteiger partial charge in [0.05, 0.1) is 0 Å². The summed E-state index contributed by atoms with van der Waals surface area (Å²) in [6, 6.07) is 13.5. The molecule has 1 N–H and O–H groups in total. The van der Waals surface area contributed by atoms with Crippen molar-refractivity contribution in [3.8, 4) is 0 Å². The quantitative estimate of drug-likeness (QED) is 0.908. The van der Waals surface area contributed by atoms with E-state index in [0.717, 1.165) is 28.9 Å². The smallest absolute Gasteiger partial charge is 0.244 e. The van der Waals surface area contributed by atoms with Crippen LogP contribution in [0.15, 0.2) is 42.5 Å². The molecule has 0 fully saturated rings. The van der Waals surface area contributed by atoms with Gasteiger partial charge < -0.3 is 10.2 Å². The summed E-state index contributed by atoms with van der Waals surface area (Å²) in [5, 5.41) is 2.84. The van der Waals surface area contributed by atoms with Gasteiger partial charge in [0.15, 0.2) is 0 Å². The highest BCUT2D eigenvalue weighted by molar-refractivity contribution is 6.01. The molecule has 0 aliphatic heterocycles. The lowest BCUT2D eigenvalue weighted by molar-refractivity contribution is -0.120. The summed E-state index contributed by atoms with van der Waals surface area (Å²) >= 11 is 0. The Morgan fingerprint density at radius 2 is 1.67 bits per heavy atom. The number of hydrogen-bond donors (Lipinski definition) is 1. The van der Waals surface area contributed by atoms with Gasteiger partial charge in [0.2, 0.25) is 11.8 Å². The molecule has 0 unspecified atom stereocenters. The number of benzene rings is 2. The van der Waals surface area contributed by atoms with E-state index in [9.17, 15) is 9.59 Å². The predicted octanol–water partition coefficient (Wildman–Crippen LogP) is 3.86. The van der Waals surface area contributed by atoms with Crippen LogP contribution in [-0.4, -0.2) is 18.4 Å². The molecule has 0 atom stereocenters. The third kappa shape index (κ3) is 4.44. The van der Waals surface area contributed by atoms with Gasteiger partial charge in [0.1, 0.15) is 6.54 Å². The minimum absolute atomic E-state index is 0.00658. The summed E-state index contributed by atoms with van der Waals surface area (Å²) in [5.74, 6) is -0.373. The van der Waals surface area contributed by atoms with Crippen molar-refractivity contribution in [1.29, 1.82) is 0 Å². The molecule has 0 saturated heterocycles. The van der Waals surface area contributed by atoms with Gasteiger partial charge in [-0.1, -0.05) is 25.1 Å². The molecule has 2 amide bonds. The number of hydrogen-bond acceptors (Lipinski definition) is 2. The predicted molar refractivity (Wildman–Crippen MR) is 98.4 cm³/mol. The molecule has 0 spiro atoms. The van der Waals surface area contributed by atoms with Crippen LogP contribution in [0.25, 0.3) is 0 Å². The molecule has 2 aromatic carbocycles. The number of carbonyl (C=O) groups is 2. The molecule has 2 rings (SSSR count). The van der Waals surface area contributed by atoms with Gasteiger partial charge in [-0.25, -0.2) is 0 Å². The molecule has 2 aromatic rings. The molecular weight excluding hydrogens is 300 g/mol. The van der Waals surface area contributed by atoms with Crippen LogP contribution in [0, 0.1) is 13.8 Å². The van der Waals surface area contributed by atoms with Crippen molar-refractivity contribution in [1.82, 2.24) is 0 Å². The largest absolute Gasteiger partial charge is 0.325 e. The topological polar surface area (TPSA) is 49.4 Å². The number of carbonyl (C=O) groups excluding carboxylic acids is 2. The summed E-state index contributed by atoms with van der Waals surface area (Å²) in [6.07, 6.45) is 0.957. The van der Waals surface area contributed by atoms with Gasteiger partial charge in [0, 0.05) is 18.3 Å². The Bertz CT molecular complexity index is 736. The Kier molecular flexibility index (Phi) is 5.74. The molecule has 4 heteroatoms. The first-order chi connectivity index (χ1) is 11.4. The van der Waals surface area contributed by atoms with E-state index in [1.54, 1.807) is 0 Å². The van der Waals surface area contributed by atoms with Crippen LogP contribution in [0.1, 0.15) is 30.5 Å². The lowest BCUT2D eigenvalue weighted by Crippen LogP contribution is -2.36. The maximum atomic E-state index is 12.3. The van der Waals surface area contributed by atoms with Crippen molar-refractivity contribution in [2.24, 2.45) is 0 Å². The number of nitrogens with one attached hydrogen (secondary N) is 1. The second-order valence-corrected chi connectivity index (χ2v) is 5.97. The highest BCUT2D eigenvalue weighted by Gasteiger charge is 2.16. The minimum Gasteiger partial charge on any atom is -0.325 e. The first kappa shape index (κ1) is 17.7. The number of nitrogens with zero attached hydrogens (tertiary/aromatic N) is 1. The standard InChI is InChI=1S/C20H24N2O2/c1-5-17-7-9-18(10-8-17)21-20(24)13-22(16(4)23)19-11-6-14(2)15(3)12-19/h6-12H,5,13H2,1-4H3,(H,21,24). The number of aryl methyl sites for hydroxylation is 3. The lowest BCUT2D eigenvalue weighted by atomic mass is 10.1. The Labute approximate surface area is 143 Å². The van der Waals surface area contributed by atoms with Crippen LogP contribution in [0.4, 0.5) is 11.4 Å². The Balaban J connectivity index is 2.10. The minimum atomic E-state index is -0.215. The maximum absolute atomic E-state index is 12.3. The van der Waals surface area contributed by atoms with E-state index in [0.29, 0.717) is 0 Å². The molecule has 0 radical (unpaired) electrons. The highest BCUT2D eigenvalue weighted by atomic mass is 16.2. The molecule has 0 bridgehead atoms. The summed E-state index contributed by atoms with van der Waals surface area (Å²) in [4.78, 5) is 25.7. The first-order valence-electron chi connectivity index (χ1n) is 8.15. The van der Waals surface area contributed by atoms with Crippen LogP contribution >= 0.6 is 0 Å². The average Bonchev–Trinajstić information content (AvgIpc) is 2.56. The van der Waals surface area contributed by atoms with Gasteiger partial charge in [-0.3, -0.25) is 9.59 Å². The van der Waals surface area contributed by atoms with Crippen LogP contribution in [-0.2, 0) is 16.0 Å². The lowest BCUT2D eigenvalue weighted by Gasteiger charge is -2.21. The van der Waals surface area contributed by atoms with Gasteiger partial charge in [-0.15, -0.1) is 0 Å². The third-order valence-electron chi connectivity index (χ3n) is 4.13. The molecular formula is C20H24N2O2.